The highest BCUT2D eigenvalue weighted by atomic mass is 35.5. The van der Waals surface area contributed by atoms with E-state index in [0.717, 1.165) is 26.4 Å². The molecule has 4 heteroatoms. The first-order valence-corrected chi connectivity index (χ1v) is 19.0. The second-order valence-corrected chi connectivity index (χ2v) is 13.1. The summed E-state index contributed by atoms with van der Waals surface area (Å²) >= 11 is 0. The van der Waals surface area contributed by atoms with Crippen LogP contribution in [-0.2, 0) is 9.47 Å². The minimum Gasteiger partial charge on any atom is -1.00 e. The molecule has 0 heterocycles. The maximum Gasteiger partial charge on any atom is 0.129 e. The van der Waals surface area contributed by atoms with Gasteiger partial charge in [0.25, 0.3) is 0 Å². The highest BCUT2D eigenvalue weighted by molar-refractivity contribution is 4.82. The molecule has 0 saturated carbocycles. The zero-order valence-corrected chi connectivity index (χ0v) is 30.6. The topological polar surface area (TPSA) is 22.9 Å². The van der Waals surface area contributed by atoms with E-state index in [0.29, 0.717) is 0 Å². The lowest BCUT2D eigenvalue weighted by molar-refractivity contribution is -0.862. The van der Waals surface area contributed by atoms with E-state index in [4.69, 9.17) is 9.47 Å². The normalized spacial score (nSPS) is 12.6. The fraction of sp³-hybridized carbons (Fsp3) is 0.897. The standard InChI is InChI=1S/C39H77NO2.ClH/c1-5-7-9-11-13-15-17-19-21-23-25-27-29-31-33-35-41-38-39(37-40(3)4)42-36-34-32-30-28-26-24-22-20-18-16-14-12-10-8-6-2;/h17-20,39H,5-16,21-38H2,1-4H3;1H/b19-17+,20-18+;. The van der Waals surface area contributed by atoms with Crippen LogP contribution in [0.15, 0.2) is 24.3 Å². The maximum atomic E-state index is 6.23. The van der Waals surface area contributed by atoms with Crippen molar-refractivity contribution < 1.29 is 26.8 Å². The number of rotatable bonds is 35. The van der Waals surface area contributed by atoms with Crippen molar-refractivity contribution in [3.8, 4) is 0 Å². The molecule has 0 rings (SSSR count). The molecule has 0 aliphatic carbocycles. The van der Waals surface area contributed by atoms with Gasteiger partial charge in [-0.1, -0.05) is 141 Å². The van der Waals surface area contributed by atoms with Crippen LogP contribution in [-0.4, -0.2) is 46.6 Å². The Bertz CT molecular complexity index is 551. The van der Waals surface area contributed by atoms with Gasteiger partial charge in [0, 0.05) is 13.2 Å². The number of unbranched alkanes of at least 4 members (excludes halogenated alkanes) is 22. The quantitative estimate of drug-likeness (QED) is 0.0572. The minimum atomic E-state index is 0. The van der Waals surface area contributed by atoms with Gasteiger partial charge < -0.3 is 26.8 Å². The van der Waals surface area contributed by atoms with Crippen LogP contribution >= 0.6 is 0 Å². The molecular formula is C39H78ClNO2. The van der Waals surface area contributed by atoms with Crippen LogP contribution in [0, 0.1) is 0 Å². The number of hydrogen-bond acceptors (Lipinski definition) is 2. The smallest absolute Gasteiger partial charge is 0.129 e. The van der Waals surface area contributed by atoms with Gasteiger partial charge in [0.1, 0.15) is 12.6 Å². The maximum absolute atomic E-state index is 6.23. The largest absolute Gasteiger partial charge is 1.00 e. The first kappa shape index (κ1) is 44.8. The van der Waals surface area contributed by atoms with E-state index in [2.05, 4.69) is 52.2 Å². The molecule has 0 amide bonds. The molecule has 0 aromatic carbocycles. The van der Waals surface area contributed by atoms with Gasteiger partial charge in [0.05, 0.1) is 20.7 Å². The molecule has 0 bridgehead atoms. The van der Waals surface area contributed by atoms with Crippen molar-refractivity contribution in [1.29, 1.82) is 0 Å². The van der Waals surface area contributed by atoms with Gasteiger partial charge in [0.15, 0.2) is 0 Å². The predicted molar refractivity (Wildman–Crippen MR) is 188 cm³/mol. The van der Waals surface area contributed by atoms with Gasteiger partial charge in [0.2, 0.25) is 0 Å². The van der Waals surface area contributed by atoms with Crippen LogP contribution in [0.1, 0.15) is 181 Å². The first-order valence-electron chi connectivity index (χ1n) is 19.0. The Hall–Kier alpha value is -0.350. The third-order valence-corrected chi connectivity index (χ3v) is 8.25. The van der Waals surface area contributed by atoms with E-state index in [9.17, 15) is 0 Å². The Kier molecular flexibility index (Phi) is 41.3. The number of nitrogens with one attached hydrogen (secondary N) is 1. The van der Waals surface area contributed by atoms with Gasteiger partial charge in [-0.05, 0) is 64.2 Å². The average Bonchev–Trinajstić information content (AvgIpc) is 2.98. The Labute approximate surface area is 277 Å². The van der Waals surface area contributed by atoms with Gasteiger partial charge >= 0.3 is 0 Å². The Morgan fingerprint density at radius 3 is 1.21 bits per heavy atom. The summed E-state index contributed by atoms with van der Waals surface area (Å²) in [5, 5.41) is 0. The Morgan fingerprint density at radius 2 is 0.814 bits per heavy atom. The summed E-state index contributed by atoms with van der Waals surface area (Å²) in [4.78, 5) is 1.44. The molecule has 0 fully saturated rings. The number of halogens is 1. The lowest BCUT2D eigenvalue weighted by Crippen LogP contribution is -3.07. The molecule has 0 aromatic heterocycles. The van der Waals surface area contributed by atoms with E-state index in [1.165, 1.54) is 172 Å². The molecule has 0 aliphatic rings. The van der Waals surface area contributed by atoms with Gasteiger partial charge in [-0.2, -0.15) is 0 Å². The Morgan fingerprint density at radius 1 is 0.465 bits per heavy atom. The molecule has 43 heavy (non-hydrogen) atoms. The summed E-state index contributed by atoms with van der Waals surface area (Å²) in [6.07, 6.45) is 44.7. The van der Waals surface area contributed by atoms with Gasteiger partial charge in [-0.3, -0.25) is 0 Å². The van der Waals surface area contributed by atoms with Gasteiger partial charge in [-0.15, -0.1) is 0 Å². The van der Waals surface area contributed by atoms with Crippen molar-refractivity contribution in [2.75, 3.05) is 40.5 Å². The molecule has 1 atom stereocenters. The summed E-state index contributed by atoms with van der Waals surface area (Å²) in [6, 6.07) is 0. The van der Waals surface area contributed by atoms with E-state index in [1.54, 1.807) is 0 Å². The van der Waals surface area contributed by atoms with E-state index in [-0.39, 0.29) is 18.5 Å². The molecular weight excluding hydrogens is 550 g/mol. The van der Waals surface area contributed by atoms with E-state index < -0.39 is 0 Å². The van der Waals surface area contributed by atoms with Crippen LogP contribution in [0.25, 0.3) is 0 Å². The lowest BCUT2D eigenvalue weighted by atomic mass is 10.1. The number of allylic oxidation sites excluding steroid dienone is 4. The van der Waals surface area contributed by atoms with Crippen molar-refractivity contribution in [2.45, 2.75) is 187 Å². The van der Waals surface area contributed by atoms with Crippen LogP contribution in [0.3, 0.4) is 0 Å². The third-order valence-electron chi connectivity index (χ3n) is 8.25. The SMILES string of the molecule is CCCCCCC/C=C/CCCCCCCCOCC(C[NH+](C)C)OCCCCCCCC/C=C/CCCCCCC.[Cl-]. The van der Waals surface area contributed by atoms with Crippen molar-refractivity contribution in [1.82, 2.24) is 0 Å². The highest BCUT2D eigenvalue weighted by Crippen LogP contribution is 2.11. The van der Waals surface area contributed by atoms with Gasteiger partial charge in [-0.25, -0.2) is 0 Å². The summed E-state index contributed by atoms with van der Waals surface area (Å²) < 4.78 is 12.3. The average molecular weight is 629 g/mol. The monoisotopic (exact) mass is 628 g/mol. The molecule has 1 unspecified atom stereocenters. The van der Waals surface area contributed by atoms with E-state index >= 15 is 0 Å². The molecule has 1 N–H and O–H groups in total. The second kappa shape index (κ2) is 39.7. The summed E-state index contributed by atoms with van der Waals surface area (Å²) in [5.41, 5.74) is 0. The molecule has 0 saturated heterocycles. The molecule has 3 nitrogen and oxygen atoms in total. The molecule has 258 valence electrons. The number of likely N-dealkylation sites (N-methyl/N-ethyl adjacent to an activating group) is 1. The van der Waals surface area contributed by atoms with Crippen LogP contribution < -0.4 is 17.3 Å². The lowest BCUT2D eigenvalue weighted by Gasteiger charge is -2.20. The third kappa shape index (κ3) is 39.6. The second-order valence-electron chi connectivity index (χ2n) is 13.1. The van der Waals surface area contributed by atoms with Crippen molar-refractivity contribution in [3.05, 3.63) is 24.3 Å². The van der Waals surface area contributed by atoms with Crippen LogP contribution in [0.2, 0.25) is 0 Å². The highest BCUT2D eigenvalue weighted by Gasteiger charge is 2.13. The van der Waals surface area contributed by atoms with Crippen LogP contribution in [0.4, 0.5) is 0 Å². The summed E-state index contributed by atoms with van der Waals surface area (Å²) in [5.74, 6) is 0. The van der Waals surface area contributed by atoms with Crippen molar-refractivity contribution in [2.24, 2.45) is 0 Å². The fourth-order valence-electron chi connectivity index (χ4n) is 5.53. The summed E-state index contributed by atoms with van der Waals surface area (Å²) in [6.45, 7) is 8.12. The number of ether oxygens (including phenoxy) is 2. The zero-order chi connectivity index (χ0) is 30.6. The van der Waals surface area contributed by atoms with Crippen molar-refractivity contribution in [3.63, 3.8) is 0 Å². The fourth-order valence-corrected chi connectivity index (χ4v) is 5.53. The van der Waals surface area contributed by atoms with Crippen molar-refractivity contribution >= 4 is 0 Å². The number of quaternary nitrogens is 1. The molecule has 0 aromatic rings. The number of hydrogen-bond donors (Lipinski definition) is 1. The Balaban J connectivity index is 0. The molecule has 0 radical (unpaired) electrons. The molecule has 0 aliphatic heterocycles. The first-order chi connectivity index (χ1) is 20.7. The molecule has 0 spiro atoms. The van der Waals surface area contributed by atoms with E-state index in [1.807, 2.05) is 0 Å². The summed E-state index contributed by atoms with van der Waals surface area (Å²) in [7, 11) is 4.42. The predicted octanol–water partition coefficient (Wildman–Crippen LogP) is 7.83. The minimum absolute atomic E-state index is 0. The van der Waals surface area contributed by atoms with Crippen LogP contribution in [0.5, 0.6) is 0 Å². The zero-order valence-electron chi connectivity index (χ0n) is 29.8.